The average Bonchev–Trinajstić information content (AvgIpc) is 3.49. The maximum absolute atomic E-state index is 12.8. The standard InChI is InChI=1S/C22H33N5O3/c28-21(26-10-7-22(8-11-26)29-12-13-30-22)6-3-17-2-1-9-27(15-17)20-14-19(23-16-24-20)25-18-4-5-18/h14,16-18H,1-13,15H2,(H,23,24,25). The fourth-order valence-corrected chi connectivity index (χ4v) is 4.91. The molecule has 1 aromatic rings. The molecule has 1 amide bonds. The van der Waals surface area contributed by atoms with Gasteiger partial charge in [-0.05, 0) is 38.0 Å². The summed E-state index contributed by atoms with van der Waals surface area (Å²) in [6, 6.07) is 2.66. The second kappa shape index (κ2) is 8.67. The predicted molar refractivity (Wildman–Crippen MR) is 113 cm³/mol. The number of ether oxygens (including phenoxy) is 2. The van der Waals surface area contributed by atoms with E-state index < -0.39 is 5.79 Å². The SMILES string of the molecule is O=C(CCC1CCCN(c2cc(NC3CC3)ncn2)C1)N1CCC2(CC1)OCCO2. The van der Waals surface area contributed by atoms with Crippen molar-refractivity contribution in [3.05, 3.63) is 12.4 Å². The number of carbonyl (C=O) groups excluding carboxylic acids is 1. The van der Waals surface area contributed by atoms with Crippen LogP contribution < -0.4 is 10.2 Å². The van der Waals surface area contributed by atoms with E-state index in [4.69, 9.17) is 9.47 Å². The van der Waals surface area contributed by atoms with Crippen molar-refractivity contribution in [2.24, 2.45) is 5.92 Å². The molecule has 30 heavy (non-hydrogen) atoms. The van der Waals surface area contributed by atoms with Gasteiger partial charge in [-0.2, -0.15) is 0 Å². The lowest BCUT2D eigenvalue weighted by Gasteiger charge is -2.38. The zero-order valence-corrected chi connectivity index (χ0v) is 17.7. The first-order chi connectivity index (χ1) is 14.7. The molecule has 0 radical (unpaired) electrons. The van der Waals surface area contributed by atoms with Gasteiger partial charge in [-0.1, -0.05) is 0 Å². The lowest BCUT2D eigenvalue weighted by molar-refractivity contribution is -0.187. The number of nitrogens with zero attached hydrogens (tertiary/aromatic N) is 4. The minimum atomic E-state index is -0.411. The number of nitrogens with one attached hydrogen (secondary N) is 1. The van der Waals surface area contributed by atoms with Gasteiger partial charge in [-0.3, -0.25) is 4.79 Å². The van der Waals surface area contributed by atoms with E-state index in [1.54, 1.807) is 6.33 Å². The van der Waals surface area contributed by atoms with Crippen molar-refractivity contribution in [1.82, 2.24) is 14.9 Å². The summed E-state index contributed by atoms with van der Waals surface area (Å²) < 4.78 is 11.5. The van der Waals surface area contributed by atoms with Crippen LogP contribution in [0.2, 0.25) is 0 Å². The van der Waals surface area contributed by atoms with Crippen LogP contribution in [0.4, 0.5) is 11.6 Å². The second-order valence-electron chi connectivity index (χ2n) is 9.16. The number of likely N-dealkylation sites (tertiary alicyclic amines) is 1. The first-order valence-corrected chi connectivity index (χ1v) is 11.6. The molecule has 5 rings (SSSR count). The third-order valence-corrected chi connectivity index (χ3v) is 6.88. The van der Waals surface area contributed by atoms with Gasteiger partial charge in [0.05, 0.1) is 13.2 Å². The van der Waals surface area contributed by atoms with Crippen LogP contribution in [-0.2, 0) is 14.3 Å². The number of hydrogen-bond donors (Lipinski definition) is 1. The van der Waals surface area contributed by atoms with Gasteiger partial charge < -0.3 is 24.6 Å². The molecule has 1 saturated carbocycles. The number of piperidine rings is 2. The number of hydrogen-bond acceptors (Lipinski definition) is 7. The fourth-order valence-electron chi connectivity index (χ4n) is 4.91. The third-order valence-electron chi connectivity index (χ3n) is 6.88. The summed E-state index contributed by atoms with van der Waals surface area (Å²) in [5.74, 6) is 2.33. The van der Waals surface area contributed by atoms with Gasteiger partial charge in [0.25, 0.3) is 0 Å². The molecule has 0 aromatic carbocycles. The molecular formula is C22H33N5O3. The third kappa shape index (κ3) is 4.70. The molecule has 1 unspecified atom stereocenters. The highest BCUT2D eigenvalue weighted by molar-refractivity contribution is 5.76. The van der Waals surface area contributed by atoms with Crippen molar-refractivity contribution in [3.63, 3.8) is 0 Å². The van der Waals surface area contributed by atoms with Gasteiger partial charge >= 0.3 is 0 Å². The normalized spacial score (nSPS) is 26.2. The van der Waals surface area contributed by atoms with Crippen molar-refractivity contribution >= 4 is 17.5 Å². The maximum Gasteiger partial charge on any atom is 0.222 e. The highest BCUT2D eigenvalue weighted by atomic mass is 16.7. The molecule has 1 aromatic heterocycles. The van der Waals surface area contributed by atoms with Crippen molar-refractivity contribution in [1.29, 1.82) is 0 Å². The summed E-state index contributed by atoms with van der Waals surface area (Å²) >= 11 is 0. The molecule has 1 spiro atoms. The molecule has 1 aliphatic carbocycles. The van der Waals surface area contributed by atoms with E-state index in [1.165, 1.54) is 19.3 Å². The molecule has 4 heterocycles. The Bertz CT molecular complexity index is 740. The van der Waals surface area contributed by atoms with Crippen molar-refractivity contribution in [2.45, 2.75) is 63.2 Å². The summed E-state index contributed by atoms with van der Waals surface area (Å²) in [6.45, 7) is 4.84. The lowest BCUT2D eigenvalue weighted by Crippen LogP contribution is -2.47. The van der Waals surface area contributed by atoms with E-state index in [-0.39, 0.29) is 5.91 Å². The topological polar surface area (TPSA) is 79.8 Å². The molecule has 4 fully saturated rings. The van der Waals surface area contributed by atoms with Gasteiger partial charge in [-0.25, -0.2) is 9.97 Å². The van der Waals surface area contributed by atoms with Crippen LogP contribution in [0, 0.1) is 5.92 Å². The zero-order chi connectivity index (χ0) is 20.4. The molecule has 1 N–H and O–H groups in total. The molecule has 8 heteroatoms. The first kappa shape index (κ1) is 20.0. The van der Waals surface area contributed by atoms with Gasteiger partial charge in [0.15, 0.2) is 5.79 Å². The monoisotopic (exact) mass is 415 g/mol. The molecule has 1 atom stereocenters. The largest absolute Gasteiger partial charge is 0.367 e. The zero-order valence-electron chi connectivity index (χ0n) is 17.7. The smallest absolute Gasteiger partial charge is 0.222 e. The number of anilines is 2. The van der Waals surface area contributed by atoms with E-state index in [1.807, 2.05) is 4.90 Å². The molecular weight excluding hydrogens is 382 g/mol. The number of amides is 1. The Balaban J connectivity index is 1.09. The van der Waals surface area contributed by atoms with E-state index in [0.717, 1.165) is 63.5 Å². The minimum Gasteiger partial charge on any atom is -0.367 e. The molecule has 164 valence electrons. The number of carbonyl (C=O) groups is 1. The molecule has 8 nitrogen and oxygen atoms in total. The van der Waals surface area contributed by atoms with E-state index in [2.05, 4.69) is 26.3 Å². The molecule has 3 aliphatic heterocycles. The Morgan fingerprint density at radius 3 is 2.70 bits per heavy atom. The van der Waals surface area contributed by atoms with E-state index in [9.17, 15) is 4.79 Å². The number of rotatable bonds is 6. The highest BCUT2D eigenvalue weighted by Gasteiger charge is 2.40. The Labute approximate surface area is 178 Å². The van der Waals surface area contributed by atoms with E-state index in [0.29, 0.717) is 31.6 Å². The molecule has 4 aliphatic rings. The lowest BCUT2D eigenvalue weighted by atomic mass is 9.93. The Morgan fingerprint density at radius 1 is 1.13 bits per heavy atom. The summed E-state index contributed by atoms with van der Waals surface area (Å²) in [5.41, 5.74) is 0. The van der Waals surface area contributed by atoms with Crippen molar-refractivity contribution in [3.8, 4) is 0 Å². The quantitative estimate of drug-likeness (QED) is 0.764. The van der Waals surface area contributed by atoms with Gasteiger partial charge in [0, 0.05) is 57.5 Å². The molecule has 3 saturated heterocycles. The van der Waals surface area contributed by atoms with Crippen molar-refractivity contribution < 1.29 is 14.3 Å². The summed E-state index contributed by atoms with van der Waals surface area (Å²) in [7, 11) is 0. The number of aromatic nitrogens is 2. The van der Waals surface area contributed by atoms with Crippen LogP contribution >= 0.6 is 0 Å². The fraction of sp³-hybridized carbons (Fsp3) is 0.773. The predicted octanol–water partition coefficient (Wildman–Crippen LogP) is 2.41. The van der Waals surface area contributed by atoms with Crippen LogP contribution in [-0.4, -0.2) is 72.0 Å². The first-order valence-electron chi connectivity index (χ1n) is 11.6. The Kier molecular flexibility index (Phi) is 5.78. The summed E-state index contributed by atoms with van der Waals surface area (Å²) in [4.78, 5) is 26.0. The van der Waals surface area contributed by atoms with Crippen LogP contribution in [0.15, 0.2) is 12.4 Å². The van der Waals surface area contributed by atoms with Crippen LogP contribution in [0.3, 0.4) is 0 Å². The minimum absolute atomic E-state index is 0.276. The van der Waals surface area contributed by atoms with Crippen molar-refractivity contribution in [2.75, 3.05) is 49.6 Å². The van der Waals surface area contributed by atoms with Gasteiger partial charge in [0.1, 0.15) is 18.0 Å². The maximum atomic E-state index is 12.8. The highest BCUT2D eigenvalue weighted by Crippen LogP contribution is 2.32. The second-order valence-corrected chi connectivity index (χ2v) is 9.16. The summed E-state index contributed by atoms with van der Waals surface area (Å²) in [6.07, 6.45) is 9.62. The average molecular weight is 416 g/mol. The molecule has 0 bridgehead atoms. The van der Waals surface area contributed by atoms with Crippen LogP contribution in [0.25, 0.3) is 0 Å². The van der Waals surface area contributed by atoms with E-state index >= 15 is 0 Å². The van der Waals surface area contributed by atoms with Crippen LogP contribution in [0.5, 0.6) is 0 Å². The Morgan fingerprint density at radius 2 is 1.93 bits per heavy atom. The Hall–Kier alpha value is -1.93. The van der Waals surface area contributed by atoms with Gasteiger partial charge in [0.2, 0.25) is 5.91 Å². The van der Waals surface area contributed by atoms with Crippen LogP contribution in [0.1, 0.15) is 51.4 Å². The summed E-state index contributed by atoms with van der Waals surface area (Å²) in [5, 5.41) is 3.46. The van der Waals surface area contributed by atoms with Gasteiger partial charge in [-0.15, -0.1) is 0 Å².